The quantitative estimate of drug-likeness (QED) is 0.609. The standard InChI is InChI=1S/C23H26N2O2/c1-18(27-22-15-8-11-19-10-6-7-14-21(19)22)23(26)24-16-9-17-25(2)20-12-4-3-5-13-20/h3-8,10-15,18H,9,16-17H2,1-2H3,(H,24,26)/t18-/m0/s1. The molecule has 0 aliphatic carbocycles. The Morgan fingerprint density at radius 1 is 1.00 bits per heavy atom. The summed E-state index contributed by atoms with van der Waals surface area (Å²) in [5.41, 5.74) is 1.18. The third kappa shape index (κ3) is 5.00. The Bertz CT molecular complexity index is 874. The van der Waals surface area contributed by atoms with Crippen molar-refractivity contribution in [2.24, 2.45) is 0 Å². The summed E-state index contributed by atoms with van der Waals surface area (Å²) < 4.78 is 5.91. The molecule has 3 aromatic carbocycles. The van der Waals surface area contributed by atoms with Gasteiger partial charge in [-0.15, -0.1) is 0 Å². The van der Waals surface area contributed by atoms with Crippen LogP contribution in [0, 0.1) is 0 Å². The van der Waals surface area contributed by atoms with E-state index in [4.69, 9.17) is 4.74 Å². The molecule has 0 spiro atoms. The summed E-state index contributed by atoms with van der Waals surface area (Å²) in [6.45, 7) is 3.29. The molecule has 1 amide bonds. The van der Waals surface area contributed by atoms with Crippen molar-refractivity contribution in [3.63, 3.8) is 0 Å². The van der Waals surface area contributed by atoms with Crippen LogP contribution in [0.25, 0.3) is 10.8 Å². The number of hydrogen-bond donors (Lipinski definition) is 1. The van der Waals surface area contributed by atoms with E-state index < -0.39 is 6.10 Å². The second kappa shape index (κ2) is 9.08. The Kier molecular flexibility index (Phi) is 6.31. The SMILES string of the molecule is C[C@H](Oc1cccc2ccccc12)C(=O)NCCCN(C)c1ccccc1. The molecule has 27 heavy (non-hydrogen) atoms. The van der Waals surface area contributed by atoms with Gasteiger partial charge in [0.25, 0.3) is 5.91 Å². The van der Waals surface area contributed by atoms with Crippen LogP contribution >= 0.6 is 0 Å². The van der Waals surface area contributed by atoms with Gasteiger partial charge in [-0.1, -0.05) is 54.6 Å². The monoisotopic (exact) mass is 362 g/mol. The largest absolute Gasteiger partial charge is 0.480 e. The van der Waals surface area contributed by atoms with Crippen LogP contribution < -0.4 is 15.0 Å². The molecule has 0 aromatic heterocycles. The number of ether oxygens (including phenoxy) is 1. The second-order valence-electron chi connectivity index (χ2n) is 6.64. The lowest BCUT2D eigenvalue weighted by Crippen LogP contribution is -2.37. The zero-order chi connectivity index (χ0) is 19.1. The van der Waals surface area contributed by atoms with Crippen molar-refractivity contribution < 1.29 is 9.53 Å². The molecular weight excluding hydrogens is 336 g/mol. The van der Waals surface area contributed by atoms with Crippen molar-refractivity contribution in [3.8, 4) is 5.75 Å². The molecule has 1 N–H and O–H groups in total. The van der Waals surface area contributed by atoms with Crippen molar-refractivity contribution >= 4 is 22.4 Å². The van der Waals surface area contributed by atoms with Crippen molar-refractivity contribution in [2.45, 2.75) is 19.4 Å². The van der Waals surface area contributed by atoms with Gasteiger partial charge in [0.2, 0.25) is 0 Å². The molecule has 0 saturated carbocycles. The van der Waals surface area contributed by atoms with E-state index in [0.29, 0.717) is 6.54 Å². The third-order valence-corrected chi connectivity index (χ3v) is 4.59. The van der Waals surface area contributed by atoms with Crippen LogP contribution in [0.2, 0.25) is 0 Å². The van der Waals surface area contributed by atoms with Crippen LogP contribution in [-0.2, 0) is 4.79 Å². The Morgan fingerprint density at radius 3 is 2.52 bits per heavy atom. The molecule has 0 fully saturated rings. The van der Waals surface area contributed by atoms with E-state index in [-0.39, 0.29) is 5.91 Å². The summed E-state index contributed by atoms with van der Waals surface area (Å²) >= 11 is 0. The number of rotatable bonds is 8. The smallest absolute Gasteiger partial charge is 0.260 e. The summed E-state index contributed by atoms with van der Waals surface area (Å²) in [6.07, 6.45) is 0.334. The predicted molar refractivity (Wildman–Crippen MR) is 111 cm³/mol. The average Bonchev–Trinajstić information content (AvgIpc) is 2.71. The summed E-state index contributed by atoms with van der Waals surface area (Å²) in [5.74, 6) is 0.643. The van der Waals surface area contributed by atoms with Gasteiger partial charge in [-0.3, -0.25) is 4.79 Å². The van der Waals surface area contributed by atoms with Crippen LogP contribution in [0.1, 0.15) is 13.3 Å². The maximum Gasteiger partial charge on any atom is 0.260 e. The molecular formula is C23H26N2O2. The number of amides is 1. The van der Waals surface area contributed by atoms with E-state index in [2.05, 4.69) is 29.4 Å². The van der Waals surface area contributed by atoms with Gasteiger partial charge >= 0.3 is 0 Å². The lowest BCUT2D eigenvalue weighted by atomic mass is 10.1. The highest BCUT2D eigenvalue weighted by molar-refractivity contribution is 5.89. The van der Waals surface area contributed by atoms with Gasteiger partial charge in [0, 0.05) is 31.2 Å². The zero-order valence-electron chi connectivity index (χ0n) is 15.9. The maximum absolute atomic E-state index is 12.3. The number of benzene rings is 3. The first kappa shape index (κ1) is 18.8. The summed E-state index contributed by atoms with van der Waals surface area (Å²) in [5, 5.41) is 5.09. The fraction of sp³-hybridized carbons (Fsp3) is 0.261. The average molecular weight is 362 g/mol. The minimum absolute atomic E-state index is 0.0923. The first-order chi connectivity index (χ1) is 13.1. The van der Waals surface area contributed by atoms with E-state index in [1.165, 1.54) is 5.69 Å². The molecule has 3 aromatic rings. The number of hydrogen-bond acceptors (Lipinski definition) is 3. The molecule has 0 aliphatic rings. The predicted octanol–water partition coefficient (Wildman–Crippen LogP) is 4.25. The normalized spacial score (nSPS) is 11.8. The second-order valence-corrected chi connectivity index (χ2v) is 6.64. The Hall–Kier alpha value is -3.01. The van der Waals surface area contributed by atoms with E-state index in [0.717, 1.165) is 29.5 Å². The van der Waals surface area contributed by atoms with Crippen LogP contribution in [0.15, 0.2) is 72.8 Å². The van der Waals surface area contributed by atoms with Crippen LogP contribution in [0.3, 0.4) is 0 Å². The molecule has 4 heteroatoms. The Balaban J connectivity index is 1.46. The van der Waals surface area contributed by atoms with Crippen molar-refractivity contribution in [3.05, 3.63) is 72.8 Å². The molecule has 1 atom stereocenters. The highest BCUT2D eigenvalue weighted by atomic mass is 16.5. The molecule has 0 unspecified atom stereocenters. The fourth-order valence-corrected chi connectivity index (χ4v) is 3.03. The number of nitrogens with one attached hydrogen (secondary N) is 1. The highest BCUT2D eigenvalue weighted by Crippen LogP contribution is 2.26. The zero-order valence-corrected chi connectivity index (χ0v) is 15.9. The molecule has 0 heterocycles. The maximum atomic E-state index is 12.3. The number of carbonyl (C=O) groups is 1. The molecule has 3 rings (SSSR count). The molecule has 0 aliphatic heterocycles. The van der Waals surface area contributed by atoms with E-state index in [1.807, 2.05) is 60.7 Å². The van der Waals surface area contributed by atoms with E-state index in [9.17, 15) is 4.79 Å². The number of carbonyl (C=O) groups excluding carboxylic acids is 1. The number of fused-ring (bicyclic) bond motifs is 1. The van der Waals surface area contributed by atoms with Crippen LogP contribution in [-0.4, -0.2) is 32.1 Å². The van der Waals surface area contributed by atoms with Gasteiger partial charge in [0.05, 0.1) is 0 Å². The summed E-state index contributed by atoms with van der Waals surface area (Å²) in [7, 11) is 2.06. The van der Waals surface area contributed by atoms with Crippen molar-refractivity contribution in [1.29, 1.82) is 0 Å². The van der Waals surface area contributed by atoms with Crippen molar-refractivity contribution in [1.82, 2.24) is 5.32 Å². The van der Waals surface area contributed by atoms with E-state index in [1.54, 1.807) is 6.92 Å². The minimum atomic E-state index is -0.539. The number of anilines is 1. The molecule has 0 radical (unpaired) electrons. The number of para-hydroxylation sites is 1. The number of nitrogens with zero attached hydrogens (tertiary/aromatic N) is 1. The lowest BCUT2D eigenvalue weighted by molar-refractivity contribution is -0.127. The van der Waals surface area contributed by atoms with Crippen molar-refractivity contribution in [2.75, 3.05) is 25.0 Å². The van der Waals surface area contributed by atoms with Gasteiger partial charge in [-0.2, -0.15) is 0 Å². The highest BCUT2D eigenvalue weighted by Gasteiger charge is 2.15. The summed E-state index contributed by atoms with van der Waals surface area (Å²) in [6, 6.07) is 24.1. The molecule has 0 bridgehead atoms. The first-order valence-electron chi connectivity index (χ1n) is 9.33. The van der Waals surface area contributed by atoms with Gasteiger partial charge in [-0.25, -0.2) is 0 Å². The lowest BCUT2D eigenvalue weighted by Gasteiger charge is -2.20. The summed E-state index contributed by atoms with van der Waals surface area (Å²) in [4.78, 5) is 14.5. The topological polar surface area (TPSA) is 41.6 Å². The van der Waals surface area contributed by atoms with Crippen LogP contribution in [0.5, 0.6) is 5.75 Å². The minimum Gasteiger partial charge on any atom is -0.480 e. The van der Waals surface area contributed by atoms with Gasteiger partial charge in [-0.05, 0) is 36.9 Å². The van der Waals surface area contributed by atoms with E-state index >= 15 is 0 Å². The van der Waals surface area contributed by atoms with Crippen LogP contribution in [0.4, 0.5) is 5.69 Å². The first-order valence-corrected chi connectivity index (χ1v) is 9.33. The molecule has 140 valence electrons. The van der Waals surface area contributed by atoms with Gasteiger partial charge in [0.1, 0.15) is 5.75 Å². The Labute approximate surface area is 160 Å². The molecule has 0 saturated heterocycles. The molecule has 4 nitrogen and oxygen atoms in total. The Morgan fingerprint density at radius 2 is 1.70 bits per heavy atom. The fourth-order valence-electron chi connectivity index (χ4n) is 3.03. The third-order valence-electron chi connectivity index (χ3n) is 4.59. The van der Waals surface area contributed by atoms with Gasteiger partial charge < -0.3 is 15.0 Å². The van der Waals surface area contributed by atoms with Gasteiger partial charge in [0.15, 0.2) is 6.10 Å².